The van der Waals surface area contributed by atoms with Crippen LogP contribution in [0.2, 0.25) is 0 Å². The second-order valence-corrected chi connectivity index (χ2v) is 7.24. The lowest BCUT2D eigenvalue weighted by Gasteiger charge is -2.12. The number of methoxy groups -OCH3 is 2. The third-order valence-corrected chi connectivity index (χ3v) is 5.36. The largest absolute Gasteiger partial charge is 0.497 e. The maximum absolute atomic E-state index is 12.7. The van der Waals surface area contributed by atoms with Crippen LogP contribution in [0.5, 0.6) is 11.5 Å². The Morgan fingerprint density at radius 3 is 2.69 bits per heavy atom. The smallest absolute Gasteiger partial charge is 0.262 e. The number of carbonyl (C=O) groups excluding carboxylic acids is 1. The van der Waals surface area contributed by atoms with Crippen LogP contribution in [0.15, 0.2) is 52.4 Å². The molecule has 0 aliphatic rings. The van der Waals surface area contributed by atoms with E-state index in [1.807, 2.05) is 25.1 Å². The van der Waals surface area contributed by atoms with Crippen LogP contribution in [0.3, 0.4) is 0 Å². The van der Waals surface area contributed by atoms with E-state index >= 15 is 0 Å². The lowest BCUT2D eigenvalue weighted by molar-refractivity contribution is -0.115. The summed E-state index contributed by atoms with van der Waals surface area (Å²) >= 11 is 1.39. The van der Waals surface area contributed by atoms with Gasteiger partial charge in [-0.25, -0.2) is 4.98 Å². The van der Waals surface area contributed by atoms with E-state index < -0.39 is 0 Å². The SMILES string of the molecule is CCn1c(SCCC(=O)Nc2cc(OC)ccc2OC)nc2ccccc2c1=O. The van der Waals surface area contributed by atoms with Gasteiger partial charge in [0.2, 0.25) is 5.91 Å². The van der Waals surface area contributed by atoms with E-state index in [2.05, 4.69) is 10.3 Å². The molecule has 1 amide bonds. The molecule has 3 aromatic rings. The third kappa shape index (κ3) is 4.71. The number of nitrogens with zero attached hydrogens (tertiary/aromatic N) is 2. The van der Waals surface area contributed by atoms with E-state index in [0.717, 1.165) is 0 Å². The molecule has 152 valence electrons. The number of para-hydroxylation sites is 1. The first-order chi connectivity index (χ1) is 14.1. The van der Waals surface area contributed by atoms with Gasteiger partial charge < -0.3 is 14.8 Å². The van der Waals surface area contributed by atoms with Crippen molar-refractivity contribution in [3.8, 4) is 11.5 Å². The highest BCUT2D eigenvalue weighted by Gasteiger charge is 2.12. The zero-order valence-electron chi connectivity index (χ0n) is 16.6. The van der Waals surface area contributed by atoms with E-state index in [1.54, 1.807) is 43.1 Å². The molecule has 8 heteroatoms. The van der Waals surface area contributed by atoms with Crippen molar-refractivity contribution in [3.05, 3.63) is 52.8 Å². The second kappa shape index (κ2) is 9.47. The van der Waals surface area contributed by atoms with Gasteiger partial charge in [-0.1, -0.05) is 23.9 Å². The fraction of sp³-hybridized carbons (Fsp3) is 0.286. The summed E-state index contributed by atoms with van der Waals surface area (Å²) in [5.41, 5.74) is 1.15. The van der Waals surface area contributed by atoms with Crippen LogP contribution in [0.1, 0.15) is 13.3 Å². The van der Waals surface area contributed by atoms with Gasteiger partial charge in [0, 0.05) is 24.8 Å². The van der Waals surface area contributed by atoms with Gasteiger partial charge in [0.05, 0.1) is 30.8 Å². The number of aromatic nitrogens is 2. The van der Waals surface area contributed by atoms with Crippen molar-refractivity contribution in [1.82, 2.24) is 9.55 Å². The van der Waals surface area contributed by atoms with Crippen molar-refractivity contribution in [2.24, 2.45) is 0 Å². The van der Waals surface area contributed by atoms with Crippen molar-refractivity contribution >= 4 is 34.3 Å². The molecule has 0 bridgehead atoms. The standard InChI is InChI=1S/C21H23N3O4S/c1-4-24-20(26)15-7-5-6-8-16(15)23-21(24)29-12-11-19(25)22-17-13-14(27-2)9-10-18(17)28-3/h5-10,13H,4,11-12H2,1-3H3,(H,22,25). The van der Waals surface area contributed by atoms with E-state index in [0.29, 0.717) is 45.5 Å². The molecule has 0 aliphatic carbocycles. The molecule has 7 nitrogen and oxygen atoms in total. The van der Waals surface area contributed by atoms with Crippen LogP contribution < -0.4 is 20.3 Å². The molecule has 1 N–H and O–H groups in total. The minimum atomic E-state index is -0.157. The van der Waals surface area contributed by atoms with Crippen molar-refractivity contribution in [3.63, 3.8) is 0 Å². The van der Waals surface area contributed by atoms with Gasteiger partial charge in [0.1, 0.15) is 11.5 Å². The molecule has 0 spiro atoms. The number of fused-ring (bicyclic) bond motifs is 1. The van der Waals surface area contributed by atoms with Crippen molar-refractivity contribution in [2.45, 2.75) is 25.0 Å². The number of hydrogen-bond donors (Lipinski definition) is 1. The fourth-order valence-electron chi connectivity index (χ4n) is 2.90. The minimum absolute atomic E-state index is 0.0637. The summed E-state index contributed by atoms with van der Waals surface area (Å²) < 4.78 is 12.1. The van der Waals surface area contributed by atoms with E-state index in [9.17, 15) is 9.59 Å². The predicted octanol–water partition coefficient (Wildman–Crippen LogP) is 3.55. The highest BCUT2D eigenvalue weighted by molar-refractivity contribution is 7.99. The molecule has 1 aromatic heterocycles. The lowest BCUT2D eigenvalue weighted by Crippen LogP contribution is -2.22. The van der Waals surface area contributed by atoms with Gasteiger partial charge in [0.25, 0.3) is 5.56 Å². The summed E-state index contributed by atoms with van der Waals surface area (Å²) in [5, 5.41) is 4.06. The van der Waals surface area contributed by atoms with Crippen molar-refractivity contribution < 1.29 is 14.3 Å². The topological polar surface area (TPSA) is 82.5 Å². The first kappa shape index (κ1) is 20.7. The first-order valence-corrected chi connectivity index (χ1v) is 10.2. The summed E-state index contributed by atoms with van der Waals surface area (Å²) in [6.45, 7) is 2.43. The maximum atomic E-state index is 12.7. The summed E-state index contributed by atoms with van der Waals surface area (Å²) in [6, 6.07) is 12.5. The summed E-state index contributed by atoms with van der Waals surface area (Å²) in [6.07, 6.45) is 0.261. The Kier molecular flexibility index (Phi) is 6.77. The Morgan fingerprint density at radius 2 is 1.97 bits per heavy atom. The average molecular weight is 413 g/mol. The zero-order valence-corrected chi connectivity index (χ0v) is 17.4. The number of rotatable bonds is 8. The second-order valence-electron chi connectivity index (χ2n) is 6.17. The van der Waals surface area contributed by atoms with Crippen LogP contribution in [0, 0.1) is 0 Å². The normalized spacial score (nSPS) is 10.7. The number of carbonyl (C=O) groups is 1. The average Bonchev–Trinajstić information content (AvgIpc) is 2.74. The van der Waals surface area contributed by atoms with Crippen LogP contribution in [-0.2, 0) is 11.3 Å². The molecule has 0 radical (unpaired) electrons. The van der Waals surface area contributed by atoms with Crippen LogP contribution in [0.25, 0.3) is 10.9 Å². The minimum Gasteiger partial charge on any atom is -0.497 e. The molecule has 0 atom stereocenters. The fourth-order valence-corrected chi connectivity index (χ4v) is 3.90. The lowest BCUT2D eigenvalue weighted by atomic mass is 10.2. The van der Waals surface area contributed by atoms with Crippen LogP contribution >= 0.6 is 11.8 Å². The van der Waals surface area contributed by atoms with Gasteiger partial charge in [0.15, 0.2) is 5.16 Å². The van der Waals surface area contributed by atoms with E-state index in [-0.39, 0.29) is 17.9 Å². The Balaban J connectivity index is 1.69. The third-order valence-electron chi connectivity index (χ3n) is 4.38. The number of anilines is 1. The highest BCUT2D eigenvalue weighted by atomic mass is 32.2. The number of hydrogen-bond acceptors (Lipinski definition) is 6. The monoisotopic (exact) mass is 413 g/mol. The van der Waals surface area contributed by atoms with Gasteiger partial charge in [-0.15, -0.1) is 0 Å². The predicted molar refractivity (Wildman–Crippen MR) is 115 cm³/mol. The number of benzene rings is 2. The number of nitrogens with one attached hydrogen (secondary N) is 1. The van der Waals surface area contributed by atoms with E-state index in [1.165, 1.54) is 11.8 Å². The van der Waals surface area contributed by atoms with Crippen LogP contribution in [0.4, 0.5) is 5.69 Å². The van der Waals surface area contributed by atoms with Crippen LogP contribution in [-0.4, -0.2) is 35.4 Å². The molecule has 2 aromatic carbocycles. The number of amides is 1. The van der Waals surface area contributed by atoms with Gasteiger partial charge in [-0.2, -0.15) is 0 Å². The summed E-state index contributed by atoms with van der Waals surface area (Å²) in [5.74, 6) is 1.52. The molecule has 0 unspecified atom stereocenters. The molecule has 1 heterocycles. The molecular weight excluding hydrogens is 390 g/mol. The molecular formula is C21H23N3O4S. The summed E-state index contributed by atoms with van der Waals surface area (Å²) in [4.78, 5) is 29.6. The first-order valence-electron chi connectivity index (χ1n) is 9.21. The Labute approximate surface area is 173 Å². The number of ether oxygens (including phenoxy) is 2. The zero-order chi connectivity index (χ0) is 20.8. The Hall–Kier alpha value is -3.00. The Bertz CT molecular complexity index is 1080. The molecule has 0 fully saturated rings. The van der Waals surface area contributed by atoms with Crippen molar-refractivity contribution in [2.75, 3.05) is 25.3 Å². The van der Waals surface area contributed by atoms with Crippen molar-refractivity contribution in [1.29, 1.82) is 0 Å². The summed E-state index contributed by atoms with van der Waals surface area (Å²) in [7, 11) is 3.11. The Morgan fingerprint density at radius 1 is 1.17 bits per heavy atom. The van der Waals surface area contributed by atoms with Gasteiger partial charge >= 0.3 is 0 Å². The van der Waals surface area contributed by atoms with Gasteiger partial charge in [-0.05, 0) is 31.2 Å². The maximum Gasteiger partial charge on any atom is 0.262 e. The molecule has 0 saturated carbocycles. The highest BCUT2D eigenvalue weighted by Crippen LogP contribution is 2.29. The molecule has 0 aliphatic heterocycles. The van der Waals surface area contributed by atoms with E-state index in [4.69, 9.17) is 9.47 Å². The molecule has 0 saturated heterocycles. The molecule has 29 heavy (non-hydrogen) atoms. The number of thioether (sulfide) groups is 1. The quantitative estimate of drug-likeness (QED) is 0.449. The van der Waals surface area contributed by atoms with Gasteiger partial charge in [-0.3, -0.25) is 14.2 Å². The molecule has 3 rings (SSSR count).